The number of hydrogen-bond acceptors (Lipinski definition) is 11. The summed E-state index contributed by atoms with van der Waals surface area (Å²) in [6.07, 6.45) is 0.297. The van der Waals surface area contributed by atoms with Crippen LogP contribution in [0, 0.1) is 5.92 Å². The number of amides is 2. The Balaban J connectivity index is 1.42. The van der Waals surface area contributed by atoms with Crippen molar-refractivity contribution < 1.29 is 51.7 Å². The fraction of sp³-hybridized carbons (Fsp3) is 0.681. The van der Waals surface area contributed by atoms with Crippen LogP contribution in [-0.4, -0.2) is 97.9 Å². The summed E-state index contributed by atoms with van der Waals surface area (Å²) in [6, 6.07) is 15.5. The molecule has 0 unspecified atom stereocenters. The Morgan fingerprint density at radius 3 is 1.92 bits per heavy atom. The van der Waals surface area contributed by atoms with Crippen LogP contribution in [0.5, 0.6) is 5.75 Å². The van der Waals surface area contributed by atoms with E-state index in [-0.39, 0.29) is 53.2 Å². The number of nitrogens with one attached hydrogen (secondary N) is 2. The van der Waals surface area contributed by atoms with Crippen molar-refractivity contribution in [3.05, 3.63) is 65.7 Å². The highest BCUT2D eigenvalue weighted by Gasteiger charge is 2.44. The second-order valence-corrected chi connectivity index (χ2v) is 29.8. The van der Waals surface area contributed by atoms with Crippen LogP contribution in [0.1, 0.15) is 98.6 Å². The first-order valence-electron chi connectivity index (χ1n) is 22.3. The van der Waals surface area contributed by atoms with Crippen LogP contribution in [0.3, 0.4) is 0 Å². The largest absolute Gasteiger partial charge is 0.467 e. The number of methoxy groups -OCH3 is 1. The van der Waals surface area contributed by atoms with Crippen LogP contribution in [0.25, 0.3) is 0 Å². The molecule has 2 aliphatic heterocycles. The molecule has 2 fully saturated rings. The Morgan fingerprint density at radius 2 is 1.34 bits per heavy atom. The third-order valence-corrected chi connectivity index (χ3v) is 21.6. The molecule has 13 nitrogen and oxygen atoms in total. The molecular formula is C47H76N2O11Si2. The lowest BCUT2D eigenvalue weighted by molar-refractivity contribution is -0.273. The van der Waals surface area contributed by atoms with Crippen molar-refractivity contribution >= 4 is 34.6 Å². The minimum Gasteiger partial charge on any atom is -0.467 e. The van der Waals surface area contributed by atoms with E-state index in [0.717, 1.165) is 11.1 Å². The number of carbonyl (C=O) groups excluding carboxylic acids is 3. The van der Waals surface area contributed by atoms with Crippen LogP contribution in [-0.2, 0) is 55.2 Å². The van der Waals surface area contributed by atoms with Crippen molar-refractivity contribution in [2.75, 3.05) is 20.3 Å². The molecule has 2 saturated heterocycles. The first kappa shape index (κ1) is 51.3. The van der Waals surface area contributed by atoms with E-state index in [0.29, 0.717) is 51.1 Å². The molecule has 2 aliphatic rings. The monoisotopic (exact) mass is 900 g/mol. The van der Waals surface area contributed by atoms with Gasteiger partial charge in [0, 0.05) is 25.7 Å². The van der Waals surface area contributed by atoms with Gasteiger partial charge in [0.1, 0.15) is 30.6 Å². The van der Waals surface area contributed by atoms with Crippen molar-refractivity contribution in [1.29, 1.82) is 0 Å². The summed E-state index contributed by atoms with van der Waals surface area (Å²) in [7, 11) is -2.96. The predicted octanol–water partition coefficient (Wildman–Crippen LogP) is 9.05. The Bertz CT molecular complexity index is 1710. The molecule has 2 heterocycles. The van der Waals surface area contributed by atoms with Crippen LogP contribution >= 0.6 is 0 Å². The van der Waals surface area contributed by atoms with Gasteiger partial charge in [-0.1, -0.05) is 97.9 Å². The van der Waals surface area contributed by atoms with Crippen LogP contribution < -0.4 is 15.4 Å². The number of esters is 1. The SMILES string of the molecule is COC(=O)[C@@H](Cc1ccc(O[C@@H]2CC[C@H](O[C@@H]3CC[C@H](NC(=O)CC(C)C)[C@@H](CO[Si](C)(C)C(C)(C)C)O3)[C@@H](CO[Si](C)(C)C(C)(C)C)O2)cc1)NC(=O)OCc1ccccc1. The molecule has 2 aromatic rings. The molecule has 7 atom stereocenters. The van der Waals surface area contributed by atoms with Crippen molar-refractivity contribution in [3.8, 4) is 5.75 Å². The number of alkyl carbamates (subject to hydrolysis) is 1. The molecular weight excluding hydrogens is 825 g/mol. The fourth-order valence-electron chi connectivity index (χ4n) is 6.69. The second-order valence-electron chi connectivity index (χ2n) is 20.2. The Hall–Kier alpha value is -3.32. The van der Waals surface area contributed by atoms with E-state index in [1.807, 2.05) is 68.4 Å². The molecule has 0 radical (unpaired) electrons. The van der Waals surface area contributed by atoms with Gasteiger partial charge in [0.15, 0.2) is 29.2 Å². The lowest BCUT2D eigenvalue weighted by Crippen LogP contribution is -2.55. The van der Waals surface area contributed by atoms with Gasteiger partial charge < -0.3 is 47.9 Å². The van der Waals surface area contributed by atoms with Gasteiger partial charge in [-0.2, -0.15) is 0 Å². The molecule has 4 rings (SSSR count). The van der Waals surface area contributed by atoms with Crippen molar-refractivity contribution in [1.82, 2.24) is 10.6 Å². The summed E-state index contributed by atoms with van der Waals surface area (Å²) in [5.74, 6) is 0.285. The van der Waals surface area contributed by atoms with Crippen molar-refractivity contribution in [2.24, 2.45) is 5.92 Å². The molecule has 2 N–H and O–H groups in total. The fourth-order valence-corrected chi connectivity index (χ4v) is 8.71. The molecule has 0 aliphatic carbocycles. The Morgan fingerprint density at radius 1 is 0.758 bits per heavy atom. The highest BCUT2D eigenvalue weighted by Crippen LogP contribution is 2.39. The number of rotatable bonds is 19. The predicted molar refractivity (Wildman–Crippen MR) is 245 cm³/mol. The first-order valence-corrected chi connectivity index (χ1v) is 28.1. The van der Waals surface area contributed by atoms with Crippen LogP contribution in [0.15, 0.2) is 54.6 Å². The van der Waals surface area contributed by atoms with E-state index in [4.69, 9.17) is 37.3 Å². The number of benzene rings is 2. The Kier molecular flexibility index (Phi) is 18.7. The third kappa shape index (κ3) is 15.7. The van der Waals surface area contributed by atoms with Gasteiger partial charge >= 0.3 is 12.1 Å². The van der Waals surface area contributed by atoms with Gasteiger partial charge in [0.05, 0.1) is 32.5 Å². The second kappa shape index (κ2) is 22.5. The maximum absolute atomic E-state index is 12.9. The molecule has 348 valence electrons. The average molecular weight is 901 g/mol. The van der Waals surface area contributed by atoms with E-state index in [2.05, 4.69) is 78.4 Å². The van der Waals surface area contributed by atoms with Gasteiger partial charge in [-0.25, -0.2) is 9.59 Å². The number of ether oxygens (including phenoxy) is 6. The topological polar surface area (TPSA) is 149 Å². The maximum atomic E-state index is 12.9. The average Bonchev–Trinajstić information content (AvgIpc) is 3.19. The van der Waals surface area contributed by atoms with Gasteiger partial charge in [-0.05, 0) is 78.3 Å². The summed E-state index contributed by atoms with van der Waals surface area (Å²) < 4.78 is 50.2. The first-order chi connectivity index (χ1) is 29.0. The molecule has 2 aromatic carbocycles. The van der Waals surface area contributed by atoms with E-state index in [9.17, 15) is 14.4 Å². The van der Waals surface area contributed by atoms with E-state index in [1.54, 1.807) is 0 Å². The summed E-state index contributed by atoms with van der Waals surface area (Å²) in [5, 5.41) is 5.90. The van der Waals surface area contributed by atoms with Crippen molar-refractivity contribution in [2.45, 2.75) is 180 Å². The van der Waals surface area contributed by atoms with Gasteiger partial charge in [0.25, 0.3) is 0 Å². The summed E-state index contributed by atoms with van der Waals surface area (Å²) in [5.41, 5.74) is 1.62. The van der Waals surface area contributed by atoms with E-state index in [1.165, 1.54) is 7.11 Å². The molecule has 0 saturated carbocycles. The van der Waals surface area contributed by atoms with Gasteiger partial charge in [0.2, 0.25) is 5.91 Å². The molecule has 0 aromatic heterocycles. The zero-order valence-corrected chi connectivity index (χ0v) is 41.7. The standard InChI is InChI=1S/C47H76N2O11Si2/c1-32(2)27-41(50)48-36-23-25-43(59-39(36)30-55-61(10,11)46(3,4)5)58-38-24-26-42(60-40(38)31-56-62(12,13)47(6,7)8)57-35-21-19-33(20-22-35)28-37(44(51)53-9)49-45(52)54-29-34-17-15-14-16-18-34/h14-22,32,36-40,42-43H,23-31H2,1-13H3,(H,48,50)(H,49,52)/t36-,37+,38-,39+,40+,42-,43-/m0/s1. The van der Waals surface area contributed by atoms with Gasteiger partial charge in [-0.3, -0.25) is 4.79 Å². The van der Waals surface area contributed by atoms with Crippen LogP contribution in [0.4, 0.5) is 4.79 Å². The molecule has 62 heavy (non-hydrogen) atoms. The smallest absolute Gasteiger partial charge is 0.408 e. The zero-order valence-electron chi connectivity index (χ0n) is 39.7. The van der Waals surface area contributed by atoms with E-state index < -0.39 is 53.4 Å². The van der Waals surface area contributed by atoms with Crippen molar-refractivity contribution in [3.63, 3.8) is 0 Å². The van der Waals surface area contributed by atoms with E-state index >= 15 is 0 Å². The lowest BCUT2D eigenvalue weighted by atomic mass is 10.0. The normalized spacial score (nSPS) is 23.0. The number of hydrogen-bond donors (Lipinski definition) is 2. The molecule has 15 heteroatoms. The highest BCUT2D eigenvalue weighted by atomic mass is 28.4. The molecule has 0 bridgehead atoms. The number of carbonyl (C=O) groups is 3. The summed E-state index contributed by atoms with van der Waals surface area (Å²) >= 11 is 0. The molecule has 0 spiro atoms. The van der Waals surface area contributed by atoms with Crippen LogP contribution in [0.2, 0.25) is 36.3 Å². The van der Waals surface area contributed by atoms with Gasteiger partial charge in [-0.15, -0.1) is 0 Å². The highest BCUT2D eigenvalue weighted by molar-refractivity contribution is 6.74. The summed E-state index contributed by atoms with van der Waals surface area (Å²) in [6.45, 7) is 27.1. The third-order valence-electron chi connectivity index (χ3n) is 12.6. The summed E-state index contributed by atoms with van der Waals surface area (Å²) in [4.78, 5) is 38.2. The lowest BCUT2D eigenvalue weighted by Gasteiger charge is -2.44. The quantitative estimate of drug-likeness (QED) is 0.103. The zero-order chi connectivity index (χ0) is 45.9. The Labute approximate surface area is 373 Å². The maximum Gasteiger partial charge on any atom is 0.408 e. The minimum atomic E-state index is -2.15. The molecule has 2 amide bonds. The minimum absolute atomic E-state index is 0.000595.